The number of hydrogen-bond donors (Lipinski definition) is 2. The van der Waals surface area contributed by atoms with Crippen molar-refractivity contribution in [2.24, 2.45) is 0 Å². The number of nitrogens with one attached hydrogen (secondary N) is 2. The Balaban J connectivity index is 0.000000660. The summed E-state index contributed by atoms with van der Waals surface area (Å²) in [5.74, 6) is 0.667. The molecule has 0 saturated heterocycles. The molecule has 1 aliphatic rings. The molecule has 3 heterocycles. The van der Waals surface area contributed by atoms with Crippen LogP contribution in [0.5, 0.6) is 5.75 Å². The second-order valence-corrected chi connectivity index (χ2v) is 6.82. The number of para-hydroxylation sites is 1. The van der Waals surface area contributed by atoms with Crippen molar-refractivity contribution in [3.63, 3.8) is 0 Å². The normalized spacial score (nSPS) is 14.5. The highest BCUT2D eigenvalue weighted by molar-refractivity contribution is 7.21. The highest BCUT2D eigenvalue weighted by Gasteiger charge is 2.25. The zero-order valence-corrected chi connectivity index (χ0v) is 17.9. The maximum Gasteiger partial charge on any atom is 0.262 e. The van der Waals surface area contributed by atoms with Gasteiger partial charge in [-0.05, 0) is 18.6 Å². The van der Waals surface area contributed by atoms with Gasteiger partial charge in [0.15, 0.2) is 5.43 Å². The van der Waals surface area contributed by atoms with Gasteiger partial charge in [0.1, 0.15) is 5.75 Å². The molecule has 0 aliphatic carbocycles. The third kappa shape index (κ3) is 4.28. The summed E-state index contributed by atoms with van der Waals surface area (Å²) in [5.41, 5.74) is 2.48. The Morgan fingerprint density at radius 2 is 1.89 bits per heavy atom. The van der Waals surface area contributed by atoms with Gasteiger partial charge in [-0.2, -0.15) is 0 Å². The van der Waals surface area contributed by atoms with Crippen LogP contribution in [0.15, 0.2) is 41.3 Å². The minimum Gasteiger partial charge on any atom is -0.493 e. The van der Waals surface area contributed by atoms with Crippen molar-refractivity contribution in [2.75, 3.05) is 6.61 Å². The fourth-order valence-electron chi connectivity index (χ4n) is 3.07. The van der Waals surface area contributed by atoms with Gasteiger partial charge in [0, 0.05) is 24.2 Å². The van der Waals surface area contributed by atoms with E-state index in [-0.39, 0.29) is 17.4 Å². The van der Waals surface area contributed by atoms with E-state index >= 15 is 0 Å². The summed E-state index contributed by atoms with van der Waals surface area (Å²) in [4.78, 5) is 28.4. The van der Waals surface area contributed by atoms with Crippen LogP contribution in [0.1, 0.15) is 61.0 Å². The first-order valence-electron chi connectivity index (χ1n) is 9.78. The van der Waals surface area contributed by atoms with Crippen molar-refractivity contribution < 1.29 is 9.53 Å². The Kier molecular flexibility index (Phi) is 7.81. The molecule has 28 heavy (non-hydrogen) atoms. The average molecular weight is 401 g/mol. The summed E-state index contributed by atoms with van der Waals surface area (Å²) >= 11 is 1.24. The zero-order valence-electron chi connectivity index (χ0n) is 17.1. The van der Waals surface area contributed by atoms with Crippen molar-refractivity contribution in [1.82, 2.24) is 10.3 Å². The first-order chi connectivity index (χ1) is 13.6. The Hall–Kier alpha value is -2.60. The first-order valence-corrected chi connectivity index (χ1v) is 10.6. The van der Waals surface area contributed by atoms with E-state index in [0.29, 0.717) is 16.2 Å². The van der Waals surface area contributed by atoms with E-state index in [1.165, 1.54) is 17.4 Å². The highest BCUT2D eigenvalue weighted by atomic mass is 32.1. The van der Waals surface area contributed by atoms with E-state index in [1.807, 2.05) is 58.9 Å². The number of rotatable bonds is 2. The predicted octanol–water partition coefficient (Wildman–Crippen LogP) is 5.20. The van der Waals surface area contributed by atoms with Gasteiger partial charge in [-0.1, -0.05) is 45.9 Å². The molecule has 0 spiro atoms. The Morgan fingerprint density at radius 3 is 2.61 bits per heavy atom. The Morgan fingerprint density at radius 1 is 1.18 bits per heavy atom. The number of fused-ring (bicyclic) bond motifs is 2. The van der Waals surface area contributed by atoms with Gasteiger partial charge >= 0.3 is 0 Å². The molecular weight excluding hydrogens is 372 g/mol. The van der Waals surface area contributed by atoms with Crippen molar-refractivity contribution in [2.45, 2.75) is 47.1 Å². The summed E-state index contributed by atoms with van der Waals surface area (Å²) in [6.45, 7) is 10.4. The van der Waals surface area contributed by atoms with Crippen LogP contribution in [0.25, 0.3) is 10.2 Å². The lowest BCUT2D eigenvalue weighted by Gasteiger charge is -2.26. The van der Waals surface area contributed by atoms with Crippen LogP contribution in [-0.4, -0.2) is 17.5 Å². The van der Waals surface area contributed by atoms with Gasteiger partial charge in [-0.3, -0.25) is 9.59 Å². The number of hydrogen-bond acceptors (Lipinski definition) is 4. The molecule has 0 bridgehead atoms. The van der Waals surface area contributed by atoms with Gasteiger partial charge in [-0.15, -0.1) is 11.3 Å². The number of pyridine rings is 1. The monoisotopic (exact) mass is 400 g/mol. The van der Waals surface area contributed by atoms with Crippen LogP contribution in [0, 0.1) is 6.92 Å². The molecule has 0 fully saturated rings. The molecule has 2 N–H and O–H groups in total. The van der Waals surface area contributed by atoms with E-state index < -0.39 is 0 Å². The van der Waals surface area contributed by atoms with Gasteiger partial charge in [0.05, 0.1) is 27.7 Å². The second kappa shape index (κ2) is 10.1. The number of aromatic amines is 1. The van der Waals surface area contributed by atoms with Crippen LogP contribution < -0.4 is 15.5 Å². The van der Waals surface area contributed by atoms with E-state index in [2.05, 4.69) is 10.3 Å². The molecule has 2 aromatic heterocycles. The fraction of sp³-hybridized carbons (Fsp3) is 0.364. The third-order valence-corrected chi connectivity index (χ3v) is 5.61. The van der Waals surface area contributed by atoms with Crippen LogP contribution in [0.2, 0.25) is 0 Å². The minimum atomic E-state index is -0.150. The molecular formula is C22H28N2O3S. The Labute approximate surface area is 169 Å². The number of ether oxygens (including phenoxy) is 1. The lowest BCUT2D eigenvalue weighted by atomic mass is 10.0. The number of aromatic nitrogens is 1. The summed E-state index contributed by atoms with van der Waals surface area (Å²) in [6.07, 6.45) is 2.34. The number of thiophene rings is 1. The highest BCUT2D eigenvalue weighted by Crippen LogP contribution is 2.33. The van der Waals surface area contributed by atoms with Gasteiger partial charge in [0.2, 0.25) is 0 Å². The second-order valence-electron chi connectivity index (χ2n) is 5.80. The molecule has 1 unspecified atom stereocenters. The number of aryl methyl sites for hydroxylation is 1. The molecule has 3 aromatic rings. The quantitative estimate of drug-likeness (QED) is 0.621. The maximum absolute atomic E-state index is 12.8. The number of H-pyrrole nitrogens is 1. The Bertz CT molecular complexity index is 991. The molecule has 1 amide bonds. The average Bonchev–Trinajstić information content (AvgIpc) is 3.09. The molecule has 0 saturated carbocycles. The third-order valence-electron chi connectivity index (χ3n) is 4.30. The van der Waals surface area contributed by atoms with Crippen LogP contribution in [0.3, 0.4) is 0 Å². The van der Waals surface area contributed by atoms with Crippen molar-refractivity contribution >= 4 is 27.5 Å². The van der Waals surface area contributed by atoms with Gasteiger partial charge in [0.25, 0.3) is 5.91 Å². The summed E-state index contributed by atoms with van der Waals surface area (Å²) in [6, 6.07) is 9.15. The number of carbonyl (C=O) groups excluding carboxylic acids is 1. The maximum atomic E-state index is 12.8. The van der Waals surface area contributed by atoms with Crippen molar-refractivity contribution in [1.29, 1.82) is 0 Å². The van der Waals surface area contributed by atoms with Crippen LogP contribution >= 0.6 is 11.3 Å². The van der Waals surface area contributed by atoms with Crippen molar-refractivity contribution in [3.8, 4) is 5.75 Å². The lowest BCUT2D eigenvalue weighted by molar-refractivity contribution is 0.0928. The van der Waals surface area contributed by atoms with Gasteiger partial charge < -0.3 is 15.0 Å². The molecule has 1 aliphatic heterocycles. The summed E-state index contributed by atoms with van der Waals surface area (Å²) in [7, 11) is 0. The van der Waals surface area contributed by atoms with Crippen molar-refractivity contribution in [3.05, 3.63) is 62.8 Å². The molecule has 1 aromatic carbocycles. The molecule has 5 nitrogen and oxygen atoms in total. The molecule has 150 valence electrons. The minimum absolute atomic E-state index is 0.0627. The summed E-state index contributed by atoms with van der Waals surface area (Å²) in [5, 5.41) is 3.09. The number of carbonyl (C=O) groups is 1. The SMILES string of the molecule is CC.CC.Cc1c(C(=O)NC2CCOc3ccccc32)sc2c(=O)cc[nH]c12. The summed E-state index contributed by atoms with van der Waals surface area (Å²) < 4.78 is 6.22. The molecule has 6 heteroatoms. The number of amides is 1. The smallest absolute Gasteiger partial charge is 0.262 e. The van der Waals surface area contributed by atoms with E-state index in [9.17, 15) is 9.59 Å². The topological polar surface area (TPSA) is 71.2 Å². The lowest BCUT2D eigenvalue weighted by Crippen LogP contribution is -2.32. The van der Waals surface area contributed by atoms with E-state index in [1.54, 1.807) is 6.20 Å². The standard InChI is InChI=1S/C18H16N2O3S.2C2H6/c1-10-15-17(13(21)6-8-19-15)24-16(10)18(22)20-12-7-9-23-14-5-3-2-4-11(12)14;2*1-2/h2-6,8,12H,7,9H2,1H3,(H,19,21)(H,20,22);2*1-2H3. The fourth-order valence-corrected chi connectivity index (χ4v) is 4.16. The molecule has 4 rings (SSSR count). The van der Waals surface area contributed by atoms with E-state index in [4.69, 9.17) is 4.74 Å². The molecule has 0 radical (unpaired) electrons. The van der Waals surface area contributed by atoms with Crippen LogP contribution in [0.4, 0.5) is 0 Å². The van der Waals surface area contributed by atoms with E-state index in [0.717, 1.165) is 28.8 Å². The number of benzene rings is 1. The predicted molar refractivity (Wildman–Crippen MR) is 117 cm³/mol. The molecule has 1 atom stereocenters. The largest absolute Gasteiger partial charge is 0.493 e. The first kappa shape index (κ1) is 21.7. The van der Waals surface area contributed by atoms with Gasteiger partial charge in [-0.25, -0.2) is 0 Å². The van der Waals surface area contributed by atoms with Crippen LogP contribution in [-0.2, 0) is 0 Å². The zero-order chi connectivity index (χ0) is 20.7.